The summed E-state index contributed by atoms with van der Waals surface area (Å²) in [6, 6.07) is 7.61. The smallest absolute Gasteiger partial charge is 0.251 e. The van der Waals surface area contributed by atoms with Crippen LogP contribution in [0.4, 0.5) is 8.78 Å². The molecule has 0 fully saturated rings. The lowest BCUT2D eigenvalue weighted by Crippen LogP contribution is -2.23. The van der Waals surface area contributed by atoms with E-state index >= 15 is 0 Å². The molecule has 2 aromatic carbocycles. The number of phenolic OH excluding ortho intramolecular Hbond substituents is 1. The van der Waals surface area contributed by atoms with Gasteiger partial charge >= 0.3 is 0 Å². The quantitative estimate of drug-likeness (QED) is 0.906. The van der Waals surface area contributed by atoms with Crippen LogP contribution in [0.15, 0.2) is 36.4 Å². The lowest BCUT2D eigenvalue weighted by Gasteiger charge is -2.07. The van der Waals surface area contributed by atoms with Gasteiger partial charge in [-0.25, -0.2) is 8.78 Å². The van der Waals surface area contributed by atoms with Crippen molar-refractivity contribution in [2.45, 2.75) is 13.5 Å². The van der Waals surface area contributed by atoms with E-state index in [9.17, 15) is 18.7 Å². The molecule has 20 heavy (non-hydrogen) atoms. The number of halogens is 2. The first-order chi connectivity index (χ1) is 9.47. The molecule has 3 nitrogen and oxygen atoms in total. The highest BCUT2D eigenvalue weighted by atomic mass is 19.1. The standard InChI is InChI=1S/C15H13F2NO2/c1-9-6-10(3-5-14(9)19)15(20)18-8-11-2-4-12(16)7-13(11)17/h2-7,19H,8H2,1H3,(H,18,20). The topological polar surface area (TPSA) is 49.3 Å². The average Bonchev–Trinajstić information content (AvgIpc) is 2.40. The summed E-state index contributed by atoms with van der Waals surface area (Å²) >= 11 is 0. The van der Waals surface area contributed by atoms with Crippen molar-refractivity contribution in [3.05, 3.63) is 64.7 Å². The molecule has 0 spiro atoms. The van der Waals surface area contributed by atoms with E-state index < -0.39 is 17.5 Å². The van der Waals surface area contributed by atoms with E-state index in [1.807, 2.05) is 0 Å². The van der Waals surface area contributed by atoms with Gasteiger partial charge in [-0.05, 0) is 36.8 Å². The van der Waals surface area contributed by atoms with E-state index in [2.05, 4.69) is 5.32 Å². The molecule has 0 bridgehead atoms. The van der Waals surface area contributed by atoms with E-state index in [0.717, 1.165) is 12.1 Å². The van der Waals surface area contributed by atoms with E-state index in [4.69, 9.17) is 0 Å². The van der Waals surface area contributed by atoms with Crippen molar-refractivity contribution in [3.8, 4) is 5.75 Å². The molecule has 104 valence electrons. The largest absolute Gasteiger partial charge is 0.508 e. The van der Waals surface area contributed by atoms with Gasteiger partial charge in [-0.3, -0.25) is 4.79 Å². The summed E-state index contributed by atoms with van der Waals surface area (Å²) in [5.41, 5.74) is 1.14. The minimum Gasteiger partial charge on any atom is -0.508 e. The summed E-state index contributed by atoms with van der Waals surface area (Å²) in [5, 5.41) is 11.9. The number of carbonyl (C=O) groups excluding carboxylic acids is 1. The SMILES string of the molecule is Cc1cc(C(=O)NCc2ccc(F)cc2F)ccc1O. The zero-order chi connectivity index (χ0) is 14.7. The van der Waals surface area contributed by atoms with Crippen LogP contribution in [0.5, 0.6) is 5.75 Å². The molecule has 0 saturated heterocycles. The van der Waals surface area contributed by atoms with E-state index in [1.54, 1.807) is 6.92 Å². The minimum atomic E-state index is -0.702. The molecule has 5 heteroatoms. The summed E-state index contributed by atoms with van der Waals surface area (Å²) < 4.78 is 26.1. The maximum Gasteiger partial charge on any atom is 0.251 e. The monoisotopic (exact) mass is 277 g/mol. The molecule has 0 aliphatic rings. The second-order valence-electron chi connectivity index (χ2n) is 4.42. The van der Waals surface area contributed by atoms with Crippen molar-refractivity contribution in [2.75, 3.05) is 0 Å². The molecule has 0 aromatic heterocycles. The number of hydrogen-bond acceptors (Lipinski definition) is 2. The summed E-state index contributed by atoms with van der Waals surface area (Å²) in [7, 11) is 0. The lowest BCUT2D eigenvalue weighted by atomic mass is 10.1. The van der Waals surface area contributed by atoms with Gasteiger partial charge in [0, 0.05) is 23.7 Å². The maximum absolute atomic E-state index is 13.4. The fraction of sp³-hybridized carbons (Fsp3) is 0.133. The molecule has 0 unspecified atom stereocenters. The highest BCUT2D eigenvalue weighted by molar-refractivity contribution is 5.94. The Balaban J connectivity index is 2.06. The van der Waals surface area contributed by atoms with Gasteiger partial charge in [0.2, 0.25) is 0 Å². The fourth-order valence-corrected chi connectivity index (χ4v) is 1.74. The Bertz CT molecular complexity index is 656. The third kappa shape index (κ3) is 3.12. The molecular formula is C15H13F2NO2. The summed E-state index contributed by atoms with van der Waals surface area (Å²) in [6.07, 6.45) is 0. The number of phenols is 1. The first-order valence-corrected chi connectivity index (χ1v) is 5.99. The molecule has 0 atom stereocenters. The summed E-state index contributed by atoms with van der Waals surface area (Å²) in [6.45, 7) is 1.64. The highest BCUT2D eigenvalue weighted by Gasteiger charge is 2.09. The van der Waals surface area contributed by atoms with Gasteiger partial charge in [0.15, 0.2) is 0 Å². The number of amides is 1. The number of aryl methyl sites for hydroxylation is 1. The third-order valence-corrected chi connectivity index (χ3v) is 2.91. The van der Waals surface area contributed by atoms with Crippen molar-refractivity contribution in [1.29, 1.82) is 0 Å². The van der Waals surface area contributed by atoms with Crippen LogP contribution in [0.2, 0.25) is 0 Å². The Labute approximate surface area is 114 Å². The molecule has 0 aliphatic carbocycles. The number of hydrogen-bond donors (Lipinski definition) is 2. The molecule has 0 saturated carbocycles. The normalized spacial score (nSPS) is 10.3. The van der Waals surface area contributed by atoms with Gasteiger partial charge in [0.05, 0.1) is 0 Å². The predicted octanol–water partition coefficient (Wildman–Crippen LogP) is 2.91. The number of rotatable bonds is 3. The van der Waals surface area contributed by atoms with Gasteiger partial charge < -0.3 is 10.4 Å². The van der Waals surface area contributed by atoms with Crippen LogP contribution in [0.25, 0.3) is 0 Å². The van der Waals surface area contributed by atoms with Crippen molar-refractivity contribution in [2.24, 2.45) is 0 Å². The van der Waals surface area contributed by atoms with Crippen LogP contribution in [0.1, 0.15) is 21.5 Å². The predicted molar refractivity (Wildman–Crippen MR) is 70.4 cm³/mol. The second kappa shape index (κ2) is 5.69. The van der Waals surface area contributed by atoms with Crippen LogP contribution in [-0.2, 0) is 6.54 Å². The van der Waals surface area contributed by atoms with Crippen LogP contribution in [0.3, 0.4) is 0 Å². The van der Waals surface area contributed by atoms with Gasteiger partial charge in [0.1, 0.15) is 17.4 Å². The molecule has 0 radical (unpaired) electrons. The van der Waals surface area contributed by atoms with E-state index in [0.29, 0.717) is 11.1 Å². The van der Waals surface area contributed by atoms with Crippen molar-refractivity contribution in [1.82, 2.24) is 5.32 Å². The second-order valence-corrected chi connectivity index (χ2v) is 4.42. The van der Waals surface area contributed by atoms with Gasteiger partial charge in [-0.1, -0.05) is 6.07 Å². The third-order valence-electron chi connectivity index (χ3n) is 2.91. The van der Waals surface area contributed by atoms with E-state index in [1.165, 1.54) is 24.3 Å². The van der Waals surface area contributed by atoms with Gasteiger partial charge in [-0.2, -0.15) is 0 Å². The lowest BCUT2D eigenvalue weighted by molar-refractivity contribution is 0.0950. The molecule has 2 aromatic rings. The highest BCUT2D eigenvalue weighted by Crippen LogP contribution is 2.17. The molecule has 0 heterocycles. The van der Waals surface area contributed by atoms with Crippen molar-refractivity contribution >= 4 is 5.91 Å². The maximum atomic E-state index is 13.4. The first kappa shape index (κ1) is 14.0. The molecule has 2 N–H and O–H groups in total. The average molecular weight is 277 g/mol. The minimum absolute atomic E-state index is 0.0368. The Kier molecular flexibility index (Phi) is 3.98. The Morgan fingerprint density at radius 3 is 2.60 bits per heavy atom. The summed E-state index contributed by atoms with van der Waals surface area (Å²) in [5.74, 6) is -1.65. The first-order valence-electron chi connectivity index (χ1n) is 5.99. The van der Waals surface area contributed by atoms with Crippen LogP contribution in [0, 0.1) is 18.6 Å². The molecule has 1 amide bonds. The van der Waals surface area contributed by atoms with Gasteiger partial charge in [-0.15, -0.1) is 0 Å². The summed E-state index contributed by atoms with van der Waals surface area (Å²) in [4.78, 5) is 11.9. The van der Waals surface area contributed by atoms with Crippen LogP contribution >= 0.6 is 0 Å². The van der Waals surface area contributed by atoms with E-state index in [-0.39, 0.29) is 17.9 Å². The number of aromatic hydroxyl groups is 1. The Morgan fingerprint density at radius 1 is 1.20 bits per heavy atom. The fourth-order valence-electron chi connectivity index (χ4n) is 1.74. The van der Waals surface area contributed by atoms with Crippen LogP contribution < -0.4 is 5.32 Å². The molecule has 0 aliphatic heterocycles. The molecule has 2 rings (SSSR count). The van der Waals surface area contributed by atoms with Crippen molar-refractivity contribution in [3.63, 3.8) is 0 Å². The van der Waals surface area contributed by atoms with Gasteiger partial charge in [0.25, 0.3) is 5.91 Å². The number of carbonyl (C=O) groups is 1. The van der Waals surface area contributed by atoms with Crippen LogP contribution in [-0.4, -0.2) is 11.0 Å². The zero-order valence-electron chi connectivity index (χ0n) is 10.8. The number of nitrogens with one attached hydrogen (secondary N) is 1. The molecular weight excluding hydrogens is 264 g/mol. The Morgan fingerprint density at radius 2 is 1.95 bits per heavy atom. The Hall–Kier alpha value is -2.43. The van der Waals surface area contributed by atoms with Crippen molar-refractivity contribution < 1.29 is 18.7 Å². The zero-order valence-corrected chi connectivity index (χ0v) is 10.8. The number of benzene rings is 2.